The fourth-order valence-electron chi connectivity index (χ4n) is 2.94. The summed E-state index contributed by atoms with van der Waals surface area (Å²) in [5.74, 6) is 2.99. The lowest BCUT2D eigenvalue weighted by Crippen LogP contribution is -2.38. The van der Waals surface area contributed by atoms with Gasteiger partial charge in [-0.3, -0.25) is 0 Å². The third-order valence-electron chi connectivity index (χ3n) is 5.10. The molecule has 0 fully saturated rings. The van der Waals surface area contributed by atoms with E-state index in [-0.39, 0.29) is 22.9 Å². The Morgan fingerprint density at radius 1 is 0.972 bits per heavy atom. The summed E-state index contributed by atoms with van der Waals surface area (Å²) in [5, 5.41) is 0.551. The van der Waals surface area contributed by atoms with Crippen molar-refractivity contribution in [2.24, 2.45) is 0 Å². The molecule has 0 aliphatic carbocycles. The maximum absolute atomic E-state index is 13.6. The number of benzene rings is 2. The third kappa shape index (κ3) is 8.21. The zero-order chi connectivity index (χ0) is 27.4. The summed E-state index contributed by atoms with van der Waals surface area (Å²) in [6, 6.07) is 13.3. The van der Waals surface area contributed by atoms with Crippen LogP contribution in [0.5, 0.6) is 0 Å². The number of aryl methyl sites for hydroxylation is 1. The van der Waals surface area contributed by atoms with Crippen LogP contribution in [0.2, 0.25) is 24.7 Å². The molecule has 0 atom stereocenters. The molecule has 0 radical (unpaired) electrons. The minimum atomic E-state index is -4.04. The van der Waals surface area contributed by atoms with Crippen molar-refractivity contribution in [2.75, 3.05) is 13.1 Å². The molecule has 0 aliphatic heterocycles. The first-order chi connectivity index (χ1) is 16.4. The Bertz CT molecular complexity index is 1410. The van der Waals surface area contributed by atoms with Crippen molar-refractivity contribution >= 4 is 45.6 Å². The molecule has 5 nitrogen and oxygen atoms in total. The van der Waals surface area contributed by atoms with Gasteiger partial charge in [0.15, 0.2) is 9.84 Å². The van der Waals surface area contributed by atoms with Crippen LogP contribution in [0.1, 0.15) is 31.9 Å². The van der Waals surface area contributed by atoms with Gasteiger partial charge < -0.3 is 0 Å². The monoisotopic (exact) mass is 563 g/mol. The van der Waals surface area contributed by atoms with E-state index in [9.17, 15) is 16.8 Å². The maximum Gasteiger partial charge on any atom is 0.244 e. The molecule has 194 valence electrons. The van der Waals surface area contributed by atoms with Crippen molar-refractivity contribution in [1.82, 2.24) is 4.31 Å². The second-order valence-corrected chi connectivity index (χ2v) is 20.4. The number of rotatable bonds is 7. The predicted octanol–water partition coefficient (Wildman–Crippen LogP) is 5.93. The Labute approximate surface area is 222 Å². The molecule has 0 spiro atoms. The van der Waals surface area contributed by atoms with Crippen LogP contribution < -0.4 is 0 Å². The van der Waals surface area contributed by atoms with Crippen LogP contribution in [-0.4, -0.2) is 47.1 Å². The molecular weight excluding hydrogens is 530 g/mol. The van der Waals surface area contributed by atoms with Gasteiger partial charge in [0.25, 0.3) is 0 Å². The lowest BCUT2D eigenvalue weighted by atomic mass is 10.2. The highest BCUT2D eigenvalue weighted by molar-refractivity contribution is 7.96. The normalized spacial score (nSPS) is 12.5. The van der Waals surface area contributed by atoms with Gasteiger partial charge in [-0.05, 0) is 63.6 Å². The molecule has 36 heavy (non-hydrogen) atoms. The molecule has 0 saturated heterocycles. The Kier molecular flexibility index (Phi) is 9.63. The van der Waals surface area contributed by atoms with E-state index in [2.05, 4.69) is 36.8 Å². The van der Waals surface area contributed by atoms with Crippen molar-refractivity contribution < 1.29 is 16.8 Å². The average Bonchev–Trinajstić information content (AvgIpc) is 2.75. The Morgan fingerprint density at radius 2 is 1.53 bits per heavy atom. The van der Waals surface area contributed by atoms with Gasteiger partial charge in [-0.25, -0.2) is 16.8 Å². The summed E-state index contributed by atoms with van der Waals surface area (Å²) in [6.07, 6.45) is 1.53. The topological polar surface area (TPSA) is 71.5 Å². The second kappa shape index (κ2) is 11.5. The van der Waals surface area contributed by atoms with E-state index in [0.717, 1.165) is 9.87 Å². The van der Waals surface area contributed by atoms with Crippen molar-refractivity contribution in [2.45, 2.75) is 57.0 Å². The van der Waals surface area contributed by atoms with E-state index in [1.807, 2.05) is 6.92 Å². The van der Waals surface area contributed by atoms with Crippen molar-refractivity contribution in [1.29, 1.82) is 0 Å². The number of hydrogen-bond donors (Lipinski definition) is 0. The van der Waals surface area contributed by atoms with E-state index in [4.69, 9.17) is 11.6 Å². The highest BCUT2D eigenvalue weighted by Crippen LogP contribution is 2.26. The summed E-state index contributed by atoms with van der Waals surface area (Å²) in [6.45, 7) is 12.3. The van der Waals surface area contributed by atoms with Crippen LogP contribution in [0.3, 0.4) is 0 Å². The SMILES string of the molecule is Cc1ccc(S(=O)(=O)N(CC#C[Si](C)(C)C)CC(=C=Cc2ccc(Cl)cc2)S(=O)(=O)C(C)(C)C)cc1. The summed E-state index contributed by atoms with van der Waals surface area (Å²) in [7, 11) is -9.73. The lowest BCUT2D eigenvalue weighted by Gasteiger charge is -2.25. The van der Waals surface area contributed by atoms with Crippen LogP contribution >= 0.6 is 11.6 Å². The first-order valence-electron chi connectivity index (χ1n) is 11.5. The average molecular weight is 564 g/mol. The minimum absolute atomic E-state index is 0.0806. The maximum atomic E-state index is 13.6. The molecule has 0 bridgehead atoms. The first kappa shape index (κ1) is 30.1. The highest BCUT2D eigenvalue weighted by atomic mass is 35.5. The molecule has 0 aliphatic rings. The van der Waals surface area contributed by atoms with E-state index in [1.165, 1.54) is 18.2 Å². The van der Waals surface area contributed by atoms with Crippen molar-refractivity contribution in [3.63, 3.8) is 0 Å². The molecule has 2 rings (SSSR count). The van der Waals surface area contributed by atoms with E-state index in [1.54, 1.807) is 57.2 Å². The Hall–Kier alpha value is -2.11. The number of sulfone groups is 1. The van der Waals surface area contributed by atoms with Gasteiger partial charge in [-0.15, -0.1) is 11.3 Å². The molecule has 2 aromatic carbocycles. The third-order valence-corrected chi connectivity index (χ3v) is 10.6. The molecule has 0 saturated carbocycles. The van der Waals surface area contributed by atoms with E-state index >= 15 is 0 Å². The molecule has 0 amide bonds. The summed E-state index contributed by atoms with van der Waals surface area (Å²) in [4.78, 5) is -0.0486. The van der Waals surface area contributed by atoms with Crippen LogP contribution in [0.25, 0.3) is 6.08 Å². The van der Waals surface area contributed by atoms with Crippen molar-refractivity contribution in [3.8, 4) is 11.5 Å². The summed E-state index contributed by atoms with van der Waals surface area (Å²) >= 11 is 5.96. The zero-order valence-corrected chi connectivity index (χ0v) is 25.3. The van der Waals surface area contributed by atoms with Gasteiger partial charge in [-0.2, -0.15) is 4.31 Å². The summed E-state index contributed by atoms with van der Waals surface area (Å²) < 4.78 is 54.2. The molecular formula is C27H34ClNO4S2Si. The molecule has 0 aromatic heterocycles. The van der Waals surface area contributed by atoms with Crippen LogP contribution in [0, 0.1) is 18.4 Å². The van der Waals surface area contributed by atoms with Gasteiger partial charge >= 0.3 is 0 Å². The quantitative estimate of drug-likeness (QED) is 0.238. The minimum Gasteiger partial charge on any atom is -0.223 e. The molecule has 0 N–H and O–H groups in total. The van der Waals surface area contributed by atoms with Crippen molar-refractivity contribution in [3.05, 3.63) is 75.3 Å². The summed E-state index contributed by atoms with van der Waals surface area (Å²) in [5.41, 5.74) is 7.67. The molecule has 9 heteroatoms. The van der Waals surface area contributed by atoms with Gasteiger partial charge in [0.05, 0.1) is 22.7 Å². The van der Waals surface area contributed by atoms with E-state index in [0.29, 0.717) is 10.6 Å². The van der Waals surface area contributed by atoms with Crippen LogP contribution in [0.4, 0.5) is 0 Å². The fraction of sp³-hybridized carbons (Fsp3) is 0.370. The van der Waals surface area contributed by atoms with Crippen LogP contribution in [0.15, 0.2) is 64.1 Å². The predicted molar refractivity (Wildman–Crippen MR) is 153 cm³/mol. The fourth-order valence-corrected chi connectivity index (χ4v) is 6.35. The molecule has 0 heterocycles. The van der Waals surface area contributed by atoms with Gasteiger partial charge in [0.2, 0.25) is 10.0 Å². The zero-order valence-electron chi connectivity index (χ0n) is 21.9. The van der Waals surface area contributed by atoms with Gasteiger partial charge in [0, 0.05) is 5.02 Å². The lowest BCUT2D eigenvalue weighted by molar-refractivity contribution is 0.473. The van der Waals surface area contributed by atoms with Gasteiger partial charge in [0.1, 0.15) is 13.0 Å². The second-order valence-electron chi connectivity index (χ2n) is 10.5. The number of nitrogens with zero attached hydrogens (tertiary/aromatic N) is 1. The Balaban J connectivity index is 2.68. The number of halogens is 1. The highest BCUT2D eigenvalue weighted by Gasteiger charge is 2.36. The van der Waals surface area contributed by atoms with Crippen LogP contribution in [-0.2, 0) is 19.9 Å². The number of sulfonamides is 1. The molecule has 2 aromatic rings. The smallest absolute Gasteiger partial charge is 0.223 e. The van der Waals surface area contributed by atoms with Gasteiger partial charge in [-0.1, -0.05) is 67.0 Å². The Morgan fingerprint density at radius 3 is 2.03 bits per heavy atom. The molecule has 0 unspecified atom stereocenters. The number of hydrogen-bond acceptors (Lipinski definition) is 4. The largest absolute Gasteiger partial charge is 0.244 e. The van der Waals surface area contributed by atoms with E-state index < -0.39 is 32.7 Å². The standard InChI is InChI=1S/C27H34ClNO4S2Si/c1-22-9-16-25(17-10-22)35(32,33)29(19-8-20-36(5,6)7)21-26(34(30,31)27(2,3)4)18-13-23-11-14-24(28)15-12-23/h9-17H,19,21H2,1-7H3. The first-order valence-corrected chi connectivity index (χ1v) is 18.3.